The van der Waals surface area contributed by atoms with E-state index < -0.39 is 0 Å². The van der Waals surface area contributed by atoms with Crippen molar-refractivity contribution in [2.75, 3.05) is 6.54 Å². The number of rotatable bonds is 1. The van der Waals surface area contributed by atoms with Crippen molar-refractivity contribution in [3.8, 4) is 0 Å². The molecule has 0 radical (unpaired) electrons. The lowest BCUT2D eigenvalue weighted by Crippen LogP contribution is -2.33. The van der Waals surface area contributed by atoms with Gasteiger partial charge in [0.1, 0.15) is 0 Å². The lowest BCUT2D eigenvalue weighted by atomic mass is 10.0. The predicted octanol–water partition coefficient (Wildman–Crippen LogP) is 2.18. The summed E-state index contributed by atoms with van der Waals surface area (Å²) >= 11 is 0. The minimum Gasteiger partial charge on any atom is -0.348 e. The average molecular weight is 198 g/mol. The summed E-state index contributed by atoms with van der Waals surface area (Å²) in [6.07, 6.45) is 2.16. The highest BCUT2D eigenvalue weighted by Gasteiger charge is 2.19. The molecule has 0 saturated heterocycles. The largest absolute Gasteiger partial charge is 0.348 e. The van der Waals surface area contributed by atoms with Crippen LogP contribution in [0.15, 0.2) is 48.7 Å². The summed E-state index contributed by atoms with van der Waals surface area (Å²) in [5.41, 5.74) is 2.71. The van der Waals surface area contributed by atoms with Gasteiger partial charge < -0.3 is 9.88 Å². The van der Waals surface area contributed by atoms with Gasteiger partial charge in [-0.1, -0.05) is 30.3 Å². The monoisotopic (exact) mass is 198 g/mol. The number of nitrogens with zero attached hydrogens (tertiary/aromatic N) is 1. The normalized spacial score (nSPS) is 19.9. The van der Waals surface area contributed by atoms with Crippen molar-refractivity contribution in [1.82, 2.24) is 9.88 Å². The summed E-state index contributed by atoms with van der Waals surface area (Å²) in [4.78, 5) is 0. The molecule has 76 valence electrons. The van der Waals surface area contributed by atoms with Crippen molar-refractivity contribution in [2.24, 2.45) is 0 Å². The Morgan fingerprint density at radius 2 is 1.93 bits per heavy atom. The van der Waals surface area contributed by atoms with Crippen LogP contribution in [-0.4, -0.2) is 11.1 Å². The third-order valence-corrected chi connectivity index (χ3v) is 2.99. The number of benzene rings is 1. The first-order chi connectivity index (χ1) is 7.45. The van der Waals surface area contributed by atoms with Crippen LogP contribution in [0.25, 0.3) is 0 Å². The van der Waals surface area contributed by atoms with E-state index in [1.165, 1.54) is 11.3 Å². The van der Waals surface area contributed by atoms with Gasteiger partial charge in [0, 0.05) is 25.0 Å². The van der Waals surface area contributed by atoms with Crippen molar-refractivity contribution in [3.63, 3.8) is 0 Å². The molecule has 1 aromatic heterocycles. The Morgan fingerprint density at radius 1 is 1.07 bits per heavy atom. The quantitative estimate of drug-likeness (QED) is 0.743. The molecule has 0 amide bonds. The second kappa shape index (κ2) is 3.55. The molecule has 2 nitrogen and oxygen atoms in total. The molecular formula is C13H14N2. The number of nitrogens with one attached hydrogen (secondary N) is 1. The molecule has 15 heavy (non-hydrogen) atoms. The van der Waals surface area contributed by atoms with Gasteiger partial charge in [0.15, 0.2) is 0 Å². The maximum Gasteiger partial charge on any atom is 0.0731 e. The van der Waals surface area contributed by atoms with Crippen molar-refractivity contribution in [1.29, 1.82) is 0 Å². The van der Waals surface area contributed by atoms with E-state index in [0.29, 0.717) is 6.04 Å². The van der Waals surface area contributed by atoms with Crippen LogP contribution in [0.5, 0.6) is 0 Å². The molecular weight excluding hydrogens is 184 g/mol. The van der Waals surface area contributed by atoms with Crippen LogP contribution in [0, 0.1) is 0 Å². The summed E-state index contributed by atoms with van der Waals surface area (Å²) < 4.78 is 2.33. The van der Waals surface area contributed by atoms with Gasteiger partial charge in [-0.15, -0.1) is 0 Å². The van der Waals surface area contributed by atoms with Gasteiger partial charge in [-0.2, -0.15) is 0 Å². The predicted molar refractivity (Wildman–Crippen MR) is 60.7 cm³/mol. The van der Waals surface area contributed by atoms with Crippen molar-refractivity contribution >= 4 is 0 Å². The summed E-state index contributed by atoms with van der Waals surface area (Å²) in [5, 5.41) is 3.56. The van der Waals surface area contributed by atoms with Crippen molar-refractivity contribution in [3.05, 3.63) is 59.9 Å². The van der Waals surface area contributed by atoms with E-state index in [1.807, 2.05) is 0 Å². The zero-order chi connectivity index (χ0) is 10.1. The van der Waals surface area contributed by atoms with Gasteiger partial charge in [-0.05, 0) is 17.7 Å². The van der Waals surface area contributed by atoms with Gasteiger partial charge in [0.2, 0.25) is 0 Å². The van der Waals surface area contributed by atoms with Crippen molar-refractivity contribution < 1.29 is 0 Å². The van der Waals surface area contributed by atoms with E-state index in [1.54, 1.807) is 0 Å². The molecule has 1 atom stereocenters. The molecule has 2 heteroatoms. The fourth-order valence-corrected chi connectivity index (χ4v) is 2.26. The van der Waals surface area contributed by atoms with E-state index in [2.05, 4.69) is 58.5 Å². The molecule has 0 aliphatic carbocycles. The molecule has 2 aromatic rings. The van der Waals surface area contributed by atoms with E-state index in [-0.39, 0.29) is 0 Å². The molecule has 1 aromatic carbocycles. The summed E-state index contributed by atoms with van der Waals surface area (Å²) in [6, 6.07) is 15.3. The van der Waals surface area contributed by atoms with Gasteiger partial charge in [-0.3, -0.25) is 0 Å². The second-order valence-electron chi connectivity index (χ2n) is 3.92. The highest BCUT2D eigenvalue weighted by molar-refractivity contribution is 5.29. The lowest BCUT2D eigenvalue weighted by Gasteiger charge is -2.26. The van der Waals surface area contributed by atoms with E-state index in [4.69, 9.17) is 0 Å². The minimum atomic E-state index is 0.356. The average Bonchev–Trinajstić information content (AvgIpc) is 2.78. The first kappa shape index (κ1) is 8.74. The van der Waals surface area contributed by atoms with Crippen LogP contribution in [0.4, 0.5) is 0 Å². The van der Waals surface area contributed by atoms with Crippen LogP contribution < -0.4 is 5.32 Å². The maximum absolute atomic E-state index is 3.56. The lowest BCUT2D eigenvalue weighted by molar-refractivity contribution is 0.467. The third-order valence-electron chi connectivity index (χ3n) is 2.99. The zero-order valence-corrected chi connectivity index (χ0v) is 8.56. The van der Waals surface area contributed by atoms with E-state index in [0.717, 1.165) is 13.1 Å². The maximum atomic E-state index is 3.56. The van der Waals surface area contributed by atoms with Crippen LogP contribution in [0.2, 0.25) is 0 Å². The molecule has 2 heterocycles. The SMILES string of the molecule is c1ccc([C@H]2NCCn3cccc32)cc1. The molecule has 1 N–H and O–H groups in total. The van der Waals surface area contributed by atoms with Crippen LogP contribution in [0.3, 0.4) is 0 Å². The Labute approximate surface area is 89.5 Å². The fourth-order valence-electron chi connectivity index (χ4n) is 2.26. The van der Waals surface area contributed by atoms with E-state index in [9.17, 15) is 0 Å². The fraction of sp³-hybridized carbons (Fsp3) is 0.231. The van der Waals surface area contributed by atoms with Gasteiger partial charge >= 0.3 is 0 Å². The van der Waals surface area contributed by atoms with Crippen LogP contribution >= 0.6 is 0 Å². The topological polar surface area (TPSA) is 17.0 Å². The Morgan fingerprint density at radius 3 is 2.80 bits per heavy atom. The summed E-state index contributed by atoms with van der Waals surface area (Å²) in [6.45, 7) is 2.12. The molecule has 0 spiro atoms. The van der Waals surface area contributed by atoms with Gasteiger partial charge in [0.05, 0.1) is 6.04 Å². The minimum absolute atomic E-state index is 0.356. The summed E-state index contributed by atoms with van der Waals surface area (Å²) in [5.74, 6) is 0. The standard InChI is InChI=1S/C13H14N2/c1-2-5-11(6-3-1)13-12-7-4-9-15(12)10-8-14-13/h1-7,9,13-14H,8,10H2/t13-/m1/s1. The number of fused-ring (bicyclic) bond motifs is 1. The Kier molecular flexibility index (Phi) is 2.07. The summed E-state index contributed by atoms with van der Waals surface area (Å²) in [7, 11) is 0. The molecule has 1 aliphatic heterocycles. The highest BCUT2D eigenvalue weighted by atomic mass is 15.1. The number of hydrogen-bond acceptors (Lipinski definition) is 1. The number of aromatic nitrogens is 1. The first-order valence-corrected chi connectivity index (χ1v) is 5.38. The zero-order valence-electron chi connectivity index (χ0n) is 8.56. The molecule has 0 bridgehead atoms. The molecule has 0 unspecified atom stereocenters. The second-order valence-corrected chi connectivity index (χ2v) is 3.92. The molecule has 0 saturated carbocycles. The molecule has 1 aliphatic rings. The van der Waals surface area contributed by atoms with E-state index >= 15 is 0 Å². The molecule has 3 rings (SSSR count). The first-order valence-electron chi connectivity index (χ1n) is 5.38. The molecule has 0 fully saturated rings. The van der Waals surface area contributed by atoms with Gasteiger partial charge in [-0.25, -0.2) is 0 Å². The Balaban J connectivity index is 2.03. The smallest absolute Gasteiger partial charge is 0.0731 e. The van der Waals surface area contributed by atoms with Crippen LogP contribution in [0.1, 0.15) is 17.3 Å². The highest BCUT2D eigenvalue weighted by Crippen LogP contribution is 2.24. The van der Waals surface area contributed by atoms with Crippen molar-refractivity contribution in [2.45, 2.75) is 12.6 Å². The Bertz CT molecular complexity index is 445. The Hall–Kier alpha value is -1.54. The van der Waals surface area contributed by atoms with Crippen LogP contribution in [-0.2, 0) is 6.54 Å². The van der Waals surface area contributed by atoms with Gasteiger partial charge in [0.25, 0.3) is 0 Å². The number of hydrogen-bond donors (Lipinski definition) is 1. The third kappa shape index (κ3) is 1.47.